The predicted molar refractivity (Wildman–Crippen MR) is 212 cm³/mol. The highest BCUT2D eigenvalue weighted by atomic mass is 32.3. The molecule has 10 rings (SSSR count). The normalized spacial score (nSPS) is 18.0. The second-order valence-corrected chi connectivity index (χ2v) is 18.5. The van der Waals surface area contributed by atoms with Gasteiger partial charge < -0.3 is 35.3 Å². The Kier molecular flexibility index (Phi) is 7.64. The average Bonchev–Trinajstić information content (AvgIpc) is 3.76. The van der Waals surface area contributed by atoms with E-state index in [1.54, 1.807) is 0 Å². The van der Waals surface area contributed by atoms with Crippen molar-refractivity contribution in [2.24, 2.45) is 0 Å². The zero-order chi connectivity index (χ0) is 36.6. The molecule has 2 saturated heterocycles. The van der Waals surface area contributed by atoms with Gasteiger partial charge in [0.15, 0.2) is 11.2 Å². The summed E-state index contributed by atoms with van der Waals surface area (Å²) in [7, 11) is -1.38. The van der Waals surface area contributed by atoms with Crippen LogP contribution in [0.2, 0.25) is 0 Å². The van der Waals surface area contributed by atoms with Gasteiger partial charge in [0.25, 0.3) is 5.91 Å². The van der Waals surface area contributed by atoms with Crippen molar-refractivity contribution in [1.82, 2.24) is 25.3 Å². The number of anilines is 3. The number of H-pyrrole nitrogens is 1. The van der Waals surface area contributed by atoms with Gasteiger partial charge in [0.05, 0.1) is 12.9 Å². The Morgan fingerprint density at radius 1 is 0.870 bits per heavy atom. The van der Waals surface area contributed by atoms with Crippen LogP contribution in [-0.4, -0.2) is 64.5 Å². The number of aromatic amines is 1. The van der Waals surface area contributed by atoms with Gasteiger partial charge in [0.1, 0.15) is 12.2 Å². The molecule has 1 spiro atoms. The first-order valence-electron chi connectivity index (χ1n) is 18.5. The van der Waals surface area contributed by atoms with Crippen LogP contribution < -0.4 is 25.6 Å². The smallest absolute Gasteiger partial charge is 0.251 e. The number of nitrogens with zero attached hydrogens (tertiary/aromatic N) is 5. The number of aromatic nitrogens is 4. The van der Waals surface area contributed by atoms with Crippen LogP contribution in [0.15, 0.2) is 95.0 Å². The third-order valence-corrected chi connectivity index (χ3v) is 14.4. The number of fused-ring (bicyclic) bond motifs is 7. The second kappa shape index (κ2) is 12.5. The first-order chi connectivity index (χ1) is 26.3. The summed E-state index contributed by atoms with van der Waals surface area (Å²) in [5.74, 6) is 0.319. The maximum atomic E-state index is 13.8. The molecule has 12 heteroatoms. The Morgan fingerprint density at radius 2 is 1.54 bits per heavy atom. The Balaban J connectivity index is 0.926. The SMILES string of the molecule is CS1(C)c2cc(N3CCC3)ccc2C2(OCc3ccc(C(=O)NCc4ccc(COc5nc(N)nc6[nH]cnc56)cc4)cc32)c2ccc(N3CCC3)cc21. The molecule has 11 nitrogen and oxygen atoms in total. The molecule has 6 heterocycles. The minimum atomic E-state index is -1.38. The standard InChI is InChI=1S/C42H42N8O3S/c1-54(2)35-20-30(49-15-3-16-49)11-13-32(35)42(33-14-12-31(21-36(33)54)50-17-4-18-50)34-19-28(9-10-29(34)24-53-42)39(51)44-22-26-5-7-27(8-6-26)23-52-40-37-38(46-25-45-37)47-41(43)48-40/h5-14,19-21,25H,3-4,15-18,22-24H2,1-2H3,(H,44,51)(H3,43,45,46,47,48). The molecule has 0 radical (unpaired) electrons. The van der Waals surface area contributed by atoms with Crippen LogP contribution >= 0.6 is 10.0 Å². The number of nitrogens with one attached hydrogen (secondary N) is 2. The van der Waals surface area contributed by atoms with Gasteiger partial charge in [0.2, 0.25) is 11.8 Å². The van der Waals surface area contributed by atoms with Crippen LogP contribution in [0, 0.1) is 0 Å². The largest absolute Gasteiger partial charge is 0.471 e. The molecule has 54 heavy (non-hydrogen) atoms. The van der Waals surface area contributed by atoms with Crippen molar-refractivity contribution < 1.29 is 14.3 Å². The molecule has 0 aliphatic carbocycles. The molecule has 2 fully saturated rings. The number of rotatable bonds is 8. The lowest BCUT2D eigenvalue weighted by atomic mass is 9.78. The second-order valence-electron chi connectivity index (χ2n) is 15.0. The summed E-state index contributed by atoms with van der Waals surface area (Å²) in [6.45, 7) is 5.55. The topological polar surface area (TPSA) is 135 Å². The molecule has 1 amide bonds. The molecule has 0 bridgehead atoms. The van der Waals surface area contributed by atoms with E-state index in [-0.39, 0.29) is 18.5 Å². The lowest BCUT2D eigenvalue weighted by molar-refractivity contribution is 0.0220. The number of hydrogen-bond donors (Lipinski definition) is 3. The maximum absolute atomic E-state index is 13.8. The molecule has 4 aliphatic heterocycles. The van der Waals surface area contributed by atoms with Gasteiger partial charge in [-0.25, -0.2) is 4.98 Å². The van der Waals surface area contributed by atoms with Gasteiger partial charge in [0, 0.05) is 70.6 Å². The van der Waals surface area contributed by atoms with Gasteiger partial charge in [-0.15, -0.1) is 0 Å². The van der Waals surface area contributed by atoms with E-state index in [9.17, 15) is 4.79 Å². The van der Waals surface area contributed by atoms with E-state index >= 15 is 0 Å². The molecule has 274 valence electrons. The Labute approximate surface area is 315 Å². The molecular formula is C42H42N8O3S. The molecule has 0 atom stereocenters. The lowest BCUT2D eigenvalue weighted by Gasteiger charge is -2.49. The molecule has 4 aliphatic rings. The average molecular weight is 739 g/mol. The number of hydrogen-bond acceptors (Lipinski definition) is 9. The highest BCUT2D eigenvalue weighted by molar-refractivity contribution is 8.32. The number of amides is 1. The summed E-state index contributed by atoms with van der Waals surface area (Å²) in [5, 5.41) is 3.15. The molecule has 0 saturated carbocycles. The summed E-state index contributed by atoms with van der Waals surface area (Å²) in [6, 6.07) is 28.0. The molecule has 4 N–H and O–H groups in total. The number of nitrogen functional groups attached to an aromatic ring is 1. The number of benzene rings is 4. The number of nitrogens with two attached hydrogens (primary N) is 1. The van der Waals surface area contributed by atoms with Crippen LogP contribution in [0.25, 0.3) is 11.2 Å². The van der Waals surface area contributed by atoms with Crippen LogP contribution in [0.1, 0.15) is 56.6 Å². The Morgan fingerprint density at radius 3 is 2.19 bits per heavy atom. The van der Waals surface area contributed by atoms with Crippen molar-refractivity contribution in [2.75, 3.05) is 54.2 Å². The third kappa shape index (κ3) is 5.22. The van der Waals surface area contributed by atoms with E-state index in [1.165, 1.54) is 51.5 Å². The zero-order valence-electron chi connectivity index (χ0n) is 30.4. The van der Waals surface area contributed by atoms with E-state index in [0.717, 1.165) is 48.4 Å². The Bertz CT molecular complexity index is 2390. The van der Waals surface area contributed by atoms with Crippen molar-refractivity contribution >= 4 is 44.4 Å². The third-order valence-electron chi connectivity index (χ3n) is 11.5. The summed E-state index contributed by atoms with van der Waals surface area (Å²) in [5.41, 5.74) is 15.8. The monoisotopic (exact) mass is 738 g/mol. The number of imidazole rings is 1. The number of carbonyl (C=O) groups is 1. The summed E-state index contributed by atoms with van der Waals surface area (Å²) >= 11 is 0. The van der Waals surface area contributed by atoms with Gasteiger partial charge >= 0.3 is 0 Å². The quantitative estimate of drug-likeness (QED) is 0.160. The molecule has 0 unspecified atom stereocenters. The van der Waals surface area contributed by atoms with Crippen molar-refractivity contribution in [3.63, 3.8) is 0 Å². The fourth-order valence-corrected chi connectivity index (χ4v) is 10.8. The first-order valence-corrected chi connectivity index (χ1v) is 21.0. The number of carbonyl (C=O) groups excluding carboxylic acids is 1. The predicted octanol–water partition coefficient (Wildman–Crippen LogP) is 6.48. The lowest BCUT2D eigenvalue weighted by Crippen LogP contribution is -2.39. The highest BCUT2D eigenvalue weighted by Gasteiger charge is 2.52. The van der Waals surface area contributed by atoms with Crippen molar-refractivity contribution in [2.45, 2.75) is 48.0 Å². The zero-order valence-corrected chi connectivity index (χ0v) is 31.2. The minimum Gasteiger partial charge on any atom is -0.471 e. The Hall–Kier alpha value is -5.59. The fraction of sp³-hybridized carbons (Fsp3) is 0.286. The van der Waals surface area contributed by atoms with E-state index < -0.39 is 15.6 Å². The number of ether oxygens (including phenoxy) is 2. The maximum Gasteiger partial charge on any atom is 0.251 e. The van der Waals surface area contributed by atoms with E-state index in [1.807, 2.05) is 30.3 Å². The van der Waals surface area contributed by atoms with Crippen molar-refractivity contribution in [3.8, 4) is 5.88 Å². The van der Waals surface area contributed by atoms with Gasteiger partial charge in [-0.05, 0) is 84.0 Å². The van der Waals surface area contributed by atoms with Crippen molar-refractivity contribution in [3.05, 3.63) is 124 Å². The van der Waals surface area contributed by atoms with Crippen LogP contribution in [-0.2, 0) is 30.1 Å². The van der Waals surface area contributed by atoms with E-state index in [0.29, 0.717) is 35.8 Å². The van der Waals surface area contributed by atoms with E-state index in [2.05, 4.69) is 96.1 Å². The van der Waals surface area contributed by atoms with Crippen molar-refractivity contribution in [1.29, 1.82) is 0 Å². The van der Waals surface area contributed by atoms with Gasteiger partial charge in [-0.1, -0.05) is 42.5 Å². The summed E-state index contributed by atoms with van der Waals surface area (Å²) in [6.07, 6.45) is 8.87. The summed E-state index contributed by atoms with van der Waals surface area (Å²) in [4.78, 5) is 37.0. The molecular weight excluding hydrogens is 697 g/mol. The highest BCUT2D eigenvalue weighted by Crippen LogP contribution is 2.69. The van der Waals surface area contributed by atoms with Crippen LogP contribution in [0.5, 0.6) is 5.88 Å². The fourth-order valence-electron chi connectivity index (χ4n) is 8.25. The minimum absolute atomic E-state index is 0.115. The van der Waals surface area contributed by atoms with Gasteiger partial charge in [-0.2, -0.15) is 20.0 Å². The van der Waals surface area contributed by atoms with Crippen LogP contribution in [0.4, 0.5) is 17.3 Å². The molecule has 6 aromatic rings. The van der Waals surface area contributed by atoms with Gasteiger partial charge in [-0.3, -0.25) is 4.79 Å². The summed E-state index contributed by atoms with van der Waals surface area (Å²) < 4.78 is 13.0. The van der Waals surface area contributed by atoms with E-state index in [4.69, 9.17) is 15.2 Å². The molecule has 2 aromatic heterocycles. The van der Waals surface area contributed by atoms with Crippen LogP contribution in [0.3, 0.4) is 0 Å². The molecule has 4 aromatic carbocycles. The first kappa shape index (κ1) is 33.0.